The Morgan fingerprint density at radius 1 is 1.40 bits per heavy atom. The Kier molecular flexibility index (Phi) is 1.87. The van der Waals surface area contributed by atoms with Gasteiger partial charge in [0.05, 0.1) is 0 Å². The van der Waals surface area contributed by atoms with Crippen molar-refractivity contribution in [1.82, 2.24) is 0 Å². The molecule has 0 aliphatic rings. The van der Waals surface area contributed by atoms with Crippen LogP contribution in [0, 0.1) is 0 Å². The summed E-state index contributed by atoms with van der Waals surface area (Å²) in [6.45, 7) is 0. The zero-order valence-electron chi connectivity index (χ0n) is 5.07. The average molecular weight is 153 g/mol. The first-order valence-corrected chi connectivity index (χ1v) is 3.12. The zero-order valence-corrected chi connectivity index (χ0v) is 5.89. The SMILES string of the molecule is O=C([S-])c1ccccc1O. The Morgan fingerprint density at radius 3 is 2.40 bits per heavy atom. The lowest BCUT2D eigenvalue weighted by Gasteiger charge is -2.04. The monoisotopic (exact) mass is 153 g/mol. The van der Waals surface area contributed by atoms with E-state index < -0.39 is 5.12 Å². The van der Waals surface area contributed by atoms with Crippen LogP contribution in [0.3, 0.4) is 0 Å². The molecule has 0 spiro atoms. The van der Waals surface area contributed by atoms with Crippen LogP contribution in [0.1, 0.15) is 10.4 Å². The molecule has 0 amide bonds. The molecular weight excluding hydrogens is 148 g/mol. The van der Waals surface area contributed by atoms with Crippen LogP contribution in [0.4, 0.5) is 0 Å². The highest BCUT2D eigenvalue weighted by atomic mass is 32.1. The lowest BCUT2D eigenvalue weighted by molar-refractivity contribution is 0.108. The normalized spacial score (nSPS) is 9.20. The Hall–Kier alpha value is -1.09. The van der Waals surface area contributed by atoms with Gasteiger partial charge in [-0.2, -0.15) is 0 Å². The van der Waals surface area contributed by atoms with Crippen LogP contribution >= 0.6 is 0 Å². The molecule has 0 saturated carbocycles. The van der Waals surface area contributed by atoms with Gasteiger partial charge in [0, 0.05) is 10.7 Å². The average Bonchev–Trinajstić information content (AvgIpc) is 1.88. The number of phenolic OH excluding ortho intramolecular Hbond substituents is 1. The standard InChI is InChI=1S/C7H6O2S/c8-6-4-2-1-3-5(6)7(9)10/h1-4,8H,(H,9,10)/p-1. The molecule has 0 aromatic heterocycles. The molecule has 0 unspecified atom stereocenters. The number of carbonyl (C=O) groups is 1. The zero-order chi connectivity index (χ0) is 7.56. The minimum Gasteiger partial charge on any atom is -0.737 e. The summed E-state index contributed by atoms with van der Waals surface area (Å²) in [5.74, 6) is -0.0532. The molecule has 1 aromatic carbocycles. The van der Waals surface area contributed by atoms with Crippen molar-refractivity contribution in [2.75, 3.05) is 0 Å². The summed E-state index contributed by atoms with van der Waals surface area (Å²) in [5, 5.41) is 8.46. The van der Waals surface area contributed by atoms with Gasteiger partial charge in [-0.05, 0) is 12.1 Å². The molecule has 2 nitrogen and oxygen atoms in total. The van der Waals surface area contributed by atoms with Crippen molar-refractivity contribution < 1.29 is 9.90 Å². The third kappa shape index (κ3) is 1.25. The summed E-state index contributed by atoms with van der Waals surface area (Å²) in [4.78, 5) is 10.5. The molecule has 1 N–H and O–H groups in total. The van der Waals surface area contributed by atoms with E-state index in [1.807, 2.05) is 0 Å². The molecule has 3 heteroatoms. The van der Waals surface area contributed by atoms with Crippen LogP contribution in [-0.2, 0) is 12.6 Å². The van der Waals surface area contributed by atoms with E-state index in [2.05, 4.69) is 12.6 Å². The van der Waals surface area contributed by atoms with Crippen LogP contribution in [0.25, 0.3) is 0 Å². The molecule has 0 heterocycles. The molecule has 1 aromatic rings. The van der Waals surface area contributed by atoms with Gasteiger partial charge in [-0.15, -0.1) is 0 Å². The summed E-state index contributed by atoms with van der Waals surface area (Å²) in [6, 6.07) is 6.21. The topological polar surface area (TPSA) is 37.3 Å². The lowest BCUT2D eigenvalue weighted by Crippen LogP contribution is -1.91. The van der Waals surface area contributed by atoms with E-state index in [4.69, 9.17) is 5.11 Å². The van der Waals surface area contributed by atoms with Gasteiger partial charge >= 0.3 is 0 Å². The van der Waals surface area contributed by atoms with Gasteiger partial charge < -0.3 is 22.5 Å². The predicted molar refractivity (Wildman–Crippen MR) is 39.8 cm³/mol. The quantitative estimate of drug-likeness (QED) is 0.613. The molecule has 10 heavy (non-hydrogen) atoms. The fourth-order valence-electron chi connectivity index (χ4n) is 0.646. The van der Waals surface area contributed by atoms with Crippen LogP contribution in [-0.4, -0.2) is 10.2 Å². The third-order valence-corrected chi connectivity index (χ3v) is 1.34. The molecule has 0 aliphatic carbocycles. The molecule has 1 rings (SSSR count). The van der Waals surface area contributed by atoms with Crippen molar-refractivity contribution >= 4 is 17.7 Å². The minimum atomic E-state index is -0.530. The largest absolute Gasteiger partial charge is 0.737 e. The van der Waals surface area contributed by atoms with Crippen molar-refractivity contribution in [3.63, 3.8) is 0 Å². The van der Waals surface area contributed by atoms with Crippen LogP contribution < -0.4 is 0 Å². The second-order valence-corrected chi connectivity index (χ2v) is 2.18. The third-order valence-electron chi connectivity index (χ3n) is 1.12. The first-order chi connectivity index (χ1) is 4.72. The fraction of sp³-hybridized carbons (Fsp3) is 0. The van der Waals surface area contributed by atoms with Crippen LogP contribution in [0.15, 0.2) is 24.3 Å². The lowest BCUT2D eigenvalue weighted by atomic mass is 10.2. The smallest absolute Gasteiger partial charge is 0.124 e. The molecule has 0 saturated heterocycles. The van der Waals surface area contributed by atoms with E-state index >= 15 is 0 Å². The second-order valence-electron chi connectivity index (χ2n) is 1.80. The highest BCUT2D eigenvalue weighted by molar-refractivity contribution is 7.77. The number of phenols is 1. The summed E-state index contributed by atoms with van der Waals surface area (Å²) in [7, 11) is 0. The van der Waals surface area contributed by atoms with Crippen molar-refractivity contribution in [1.29, 1.82) is 0 Å². The van der Waals surface area contributed by atoms with Gasteiger partial charge in [-0.1, -0.05) is 12.1 Å². The van der Waals surface area contributed by atoms with Gasteiger partial charge in [-0.3, -0.25) is 0 Å². The van der Waals surface area contributed by atoms with Gasteiger partial charge in [0.2, 0.25) is 0 Å². The number of para-hydroxylation sites is 1. The maximum atomic E-state index is 10.5. The van der Waals surface area contributed by atoms with Crippen molar-refractivity contribution in [2.24, 2.45) is 0 Å². The first kappa shape index (κ1) is 7.02. The Balaban J connectivity index is 3.15. The molecular formula is C7H5O2S-. The van der Waals surface area contributed by atoms with E-state index in [0.717, 1.165) is 0 Å². The number of aromatic hydroxyl groups is 1. The first-order valence-electron chi connectivity index (χ1n) is 2.71. The molecule has 0 bridgehead atoms. The van der Waals surface area contributed by atoms with Crippen molar-refractivity contribution in [3.8, 4) is 5.75 Å². The molecule has 0 aliphatic heterocycles. The number of hydrogen-bond acceptors (Lipinski definition) is 3. The Labute approximate surface area is 63.9 Å². The summed E-state index contributed by atoms with van der Waals surface area (Å²) >= 11 is 4.33. The maximum absolute atomic E-state index is 10.5. The summed E-state index contributed by atoms with van der Waals surface area (Å²) in [5.41, 5.74) is 0.192. The van der Waals surface area contributed by atoms with Gasteiger partial charge in [0.1, 0.15) is 5.75 Å². The van der Waals surface area contributed by atoms with E-state index in [1.165, 1.54) is 12.1 Å². The number of rotatable bonds is 1. The van der Waals surface area contributed by atoms with E-state index in [0.29, 0.717) is 0 Å². The van der Waals surface area contributed by atoms with Crippen molar-refractivity contribution in [3.05, 3.63) is 29.8 Å². The number of carbonyl (C=O) groups excluding carboxylic acids is 1. The summed E-state index contributed by atoms with van der Waals surface area (Å²) < 4.78 is 0. The van der Waals surface area contributed by atoms with E-state index in [-0.39, 0.29) is 11.3 Å². The molecule has 0 fully saturated rings. The van der Waals surface area contributed by atoms with Gasteiger partial charge in [-0.25, -0.2) is 0 Å². The van der Waals surface area contributed by atoms with Gasteiger partial charge in [0.15, 0.2) is 0 Å². The summed E-state index contributed by atoms with van der Waals surface area (Å²) in [6.07, 6.45) is 0. The van der Waals surface area contributed by atoms with E-state index in [1.54, 1.807) is 12.1 Å². The molecule has 52 valence electrons. The Morgan fingerprint density at radius 2 is 2.00 bits per heavy atom. The maximum Gasteiger partial charge on any atom is 0.124 e. The number of hydrogen-bond donors (Lipinski definition) is 1. The van der Waals surface area contributed by atoms with Crippen LogP contribution in [0.5, 0.6) is 5.75 Å². The highest BCUT2D eigenvalue weighted by Crippen LogP contribution is 2.14. The fourth-order valence-corrected chi connectivity index (χ4v) is 0.819. The highest BCUT2D eigenvalue weighted by Gasteiger charge is 1.96. The van der Waals surface area contributed by atoms with E-state index in [9.17, 15) is 4.79 Å². The van der Waals surface area contributed by atoms with Gasteiger partial charge in [0.25, 0.3) is 0 Å². The molecule has 0 radical (unpaired) electrons. The second kappa shape index (κ2) is 2.66. The van der Waals surface area contributed by atoms with Crippen LogP contribution in [0.2, 0.25) is 0 Å². The predicted octanol–water partition coefficient (Wildman–Crippen LogP) is 1.08. The molecule has 0 atom stereocenters. The number of benzene rings is 1. The Bertz CT molecular complexity index is 258. The van der Waals surface area contributed by atoms with Crippen molar-refractivity contribution in [2.45, 2.75) is 0 Å². The minimum absolute atomic E-state index is 0.0532.